The van der Waals surface area contributed by atoms with Crippen molar-refractivity contribution in [3.63, 3.8) is 0 Å². The lowest BCUT2D eigenvalue weighted by molar-refractivity contribution is -0.159. The first-order valence-electron chi connectivity index (χ1n) is 19.9. The molecule has 7 heteroatoms. The van der Waals surface area contributed by atoms with Gasteiger partial charge in [-0.05, 0) is 163 Å². The highest BCUT2D eigenvalue weighted by atomic mass is 19.4. The number of benzene rings is 5. The van der Waals surface area contributed by atoms with Gasteiger partial charge < -0.3 is 4.90 Å². The summed E-state index contributed by atoms with van der Waals surface area (Å²) < 4.78 is 81.0. The van der Waals surface area contributed by atoms with Gasteiger partial charge in [0.1, 0.15) is 23.5 Å². The van der Waals surface area contributed by atoms with E-state index in [9.17, 15) is 26.3 Å². The van der Waals surface area contributed by atoms with E-state index in [1.54, 1.807) is 19.1 Å². The van der Waals surface area contributed by atoms with Gasteiger partial charge in [-0.3, -0.25) is 0 Å². The molecule has 1 aliphatic rings. The normalized spacial score (nSPS) is 14.0. The van der Waals surface area contributed by atoms with Gasteiger partial charge in [-0.15, -0.1) is 0 Å². The largest absolute Gasteiger partial charge is 0.408 e. The first kappa shape index (κ1) is 45.2. The van der Waals surface area contributed by atoms with Gasteiger partial charge in [-0.1, -0.05) is 96.1 Å². The standard InChI is InChI=1S/2C18H21F.C14H17F4N/c1-11(2)17-14(5)15(9-10-16(17)19)18-12(3)7-6-8-13(18)4;1-11(2)16-14(5)9-10-15(18(16)19)17-12(3)7-6-8-13(17)4;1-8(2)13-9(3)6-10(7-11(13)15)19-5-4-12(19)14(16,17)18/h2*6-11H,1-5H3;6-8,12H,4-5H2,1-3H3. The van der Waals surface area contributed by atoms with Crippen LogP contribution in [0.25, 0.3) is 22.3 Å². The van der Waals surface area contributed by atoms with Gasteiger partial charge in [0, 0.05) is 17.8 Å². The average Bonchev–Trinajstić information content (AvgIpc) is 3.05. The Morgan fingerprint density at radius 1 is 0.526 bits per heavy atom. The van der Waals surface area contributed by atoms with Gasteiger partial charge in [0.15, 0.2) is 0 Å². The molecule has 0 bridgehead atoms. The van der Waals surface area contributed by atoms with E-state index in [0.717, 1.165) is 50.1 Å². The molecule has 1 fully saturated rings. The van der Waals surface area contributed by atoms with Crippen molar-refractivity contribution in [1.82, 2.24) is 0 Å². The average molecular weight is 788 g/mol. The molecule has 1 unspecified atom stereocenters. The van der Waals surface area contributed by atoms with Crippen LogP contribution in [0.3, 0.4) is 0 Å². The summed E-state index contributed by atoms with van der Waals surface area (Å²) in [6, 6.07) is 21.2. The maximum Gasteiger partial charge on any atom is 0.408 e. The fourth-order valence-corrected chi connectivity index (χ4v) is 8.42. The highest BCUT2D eigenvalue weighted by molar-refractivity contribution is 5.75. The number of hydrogen-bond donors (Lipinski definition) is 0. The molecule has 5 aromatic rings. The van der Waals surface area contributed by atoms with Crippen LogP contribution in [0, 0.1) is 65.9 Å². The van der Waals surface area contributed by atoms with Crippen LogP contribution in [-0.4, -0.2) is 18.8 Å². The van der Waals surface area contributed by atoms with Gasteiger partial charge in [-0.25, -0.2) is 13.2 Å². The summed E-state index contributed by atoms with van der Waals surface area (Å²) in [5, 5.41) is 0. The van der Waals surface area contributed by atoms with Crippen LogP contribution in [0.15, 0.2) is 72.8 Å². The van der Waals surface area contributed by atoms with E-state index in [0.29, 0.717) is 23.4 Å². The molecular formula is C50H59F6N. The van der Waals surface area contributed by atoms with Crippen LogP contribution in [0.2, 0.25) is 0 Å². The molecule has 306 valence electrons. The third-order valence-electron chi connectivity index (χ3n) is 11.1. The number of rotatable bonds is 6. The fraction of sp³-hybridized carbons (Fsp3) is 0.400. The zero-order chi connectivity index (χ0) is 42.7. The van der Waals surface area contributed by atoms with Crippen LogP contribution < -0.4 is 4.90 Å². The highest BCUT2D eigenvalue weighted by Gasteiger charge is 2.49. The molecule has 1 heterocycles. The Hall–Kier alpha value is -4.52. The van der Waals surface area contributed by atoms with Crippen molar-refractivity contribution in [3.8, 4) is 22.3 Å². The van der Waals surface area contributed by atoms with E-state index in [2.05, 4.69) is 32.0 Å². The van der Waals surface area contributed by atoms with Crippen molar-refractivity contribution in [3.05, 3.63) is 146 Å². The lowest BCUT2D eigenvalue weighted by Crippen LogP contribution is -2.56. The molecule has 57 heavy (non-hydrogen) atoms. The molecule has 5 aromatic carbocycles. The van der Waals surface area contributed by atoms with Crippen LogP contribution in [0.5, 0.6) is 0 Å². The van der Waals surface area contributed by atoms with E-state index in [1.165, 1.54) is 27.7 Å². The summed E-state index contributed by atoms with van der Waals surface area (Å²) in [5.74, 6) is -0.162. The first-order chi connectivity index (χ1) is 26.6. The highest BCUT2D eigenvalue weighted by Crippen LogP contribution is 2.40. The molecule has 0 aliphatic carbocycles. The van der Waals surface area contributed by atoms with Crippen LogP contribution in [-0.2, 0) is 0 Å². The zero-order valence-corrected chi connectivity index (χ0v) is 35.9. The van der Waals surface area contributed by atoms with Crippen molar-refractivity contribution in [2.45, 2.75) is 126 Å². The number of aryl methyl sites for hydroxylation is 6. The first-order valence-corrected chi connectivity index (χ1v) is 19.9. The van der Waals surface area contributed by atoms with E-state index in [1.807, 2.05) is 106 Å². The van der Waals surface area contributed by atoms with Crippen molar-refractivity contribution >= 4 is 5.69 Å². The van der Waals surface area contributed by atoms with Gasteiger partial charge in [0.05, 0.1) is 0 Å². The molecule has 6 rings (SSSR count). The number of alkyl halides is 3. The fourth-order valence-electron chi connectivity index (χ4n) is 8.42. The predicted molar refractivity (Wildman–Crippen MR) is 227 cm³/mol. The third-order valence-corrected chi connectivity index (χ3v) is 11.1. The summed E-state index contributed by atoms with van der Waals surface area (Å²) in [6.07, 6.45) is -4.17. The van der Waals surface area contributed by atoms with Crippen LogP contribution in [0.1, 0.15) is 121 Å². The van der Waals surface area contributed by atoms with Crippen LogP contribution >= 0.6 is 0 Å². The minimum atomic E-state index is -4.25. The topological polar surface area (TPSA) is 3.24 Å². The summed E-state index contributed by atoms with van der Waals surface area (Å²) in [7, 11) is 0. The molecule has 0 radical (unpaired) electrons. The Kier molecular flexibility index (Phi) is 14.6. The molecule has 0 N–H and O–H groups in total. The molecule has 1 nitrogen and oxygen atoms in total. The van der Waals surface area contributed by atoms with Crippen molar-refractivity contribution < 1.29 is 26.3 Å². The van der Waals surface area contributed by atoms with Gasteiger partial charge in [0.2, 0.25) is 0 Å². The lowest BCUT2D eigenvalue weighted by Gasteiger charge is -2.43. The van der Waals surface area contributed by atoms with Crippen molar-refractivity contribution in [1.29, 1.82) is 0 Å². The zero-order valence-electron chi connectivity index (χ0n) is 35.9. The van der Waals surface area contributed by atoms with Crippen molar-refractivity contribution in [2.24, 2.45) is 0 Å². The third kappa shape index (κ3) is 9.96. The second-order valence-electron chi connectivity index (χ2n) is 16.5. The van der Waals surface area contributed by atoms with Gasteiger partial charge in [0.25, 0.3) is 0 Å². The summed E-state index contributed by atoms with van der Waals surface area (Å²) >= 11 is 0. The van der Waals surface area contributed by atoms with Gasteiger partial charge in [-0.2, -0.15) is 13.2 Å². The Labute approximate surface area is 337 Å². The molecule has 0 saturated carbocycles. The molecule has 1 saturated heterocycles. The second kappa shape index (κ2) is 18.4. The SMILES string of the molecule is Cc1cc(N2CCC2C(F)(F)F)cc(F)c1C(C)C.Cc1cccc(C)c1-c1ccc(C)c(C(C)C)c1F.Cc1cccc(C)c1-c1ccc(F)c(C(C)C)c1C. The minimum absolute atomic E-state index is 0.0175. The minimum Gasteiger partial charge on any atom is -0.360 e. The Morgan fingerprint density at radius 3 is 1.42 bits per heavy atom. The Morgan fingerprint density at radius 2 is 1.00 bits per heavy atom. The molecule has 0 spiro atoms. The maximum atomic E-state index is 14.8. The lowest BCUT2D eigenvalue weighted by atomic mass is 9.87. The smallest absolute Gasteiger partial charge is 0.360 e. The summed E-state index contributed by atoms with van der Waals surface area (Å²) in [5.41, 5.74) is 14.2. The monoisotopic (exact) mass is 787 g/mol. The molecule has 1 aliphatic heterocycles. The maximum absolute atomic E-state index is 14.8. The second-order valence-corrected chi connectivity index (χ2v) is 16.5. The van der Waals surface area contributed by atoms with Gasteiger partial charge >= 0.3 is 6.18 Å². The van der Waals surface area contributed by atoms with E-state index >= 15 is 0 Å². The number of hydrogen-bond acceptors (Lipinski definition) is 1. The quantitative estimate of drug-likeness (QED) is 0.155. The molecular weight excluding hydrogens is 729 g/mol. The Balaban J connectivity index is 0.000000189. The number of halogens is 6. The molecule has 0 amide bonds. The van der Waals surface area contributed by atoms with E-state index < -0.39 is 18.0 Å². The molecule has 1 atom stereocenters. The van der Waals surface area contributed by atoms with Crippen LogP contribution in [0.4, 0.5) is 32.0 Å². The summed E-state index contributed by atoms with van der Waals surface area (Å²) in [4.78, 5) is 1.22. The number of anilines is 1. The Bertz CT molecular complexity index is 2020. The predicted octanol–water partition coefficient (Wildman–Crippen LogP) is 15.5. The van der Waals surface area contributed by atoms with E-state index in [-0.39, 0.29) is 35.8 Å². The molecule has 0 aromatic heterocycles. The van der Waals surface area contributed by atoms with Crippen molar-refractivity contribution in [2.75, 3.05) is 11.4 Å². The summed E-state index contributed by atoms with van der Waals surface area (Å²) in [6.45, 7) is 26.3. The van der Waals surface area contributed by atoms with E-state index in [4.69, 9.17) is 0 Å². The number of nitrogens with zero attached hydrogens (tertiary/aromatic N) is 1.